The van der Waals surface area contributed by atoms with E-state index in [1.807, 2.05) is 31.2 Å². The lowest BCUT2D eigenvalue weighted by Crippen LogP contribution is -2.40. The number of aliphatic carboxylic acids is 1. The fourth-order valence-corrected chi connectivity index (χ4v) is 6.94. The maximum absolute atomic E-state index is 13.7. The summed E-state index contributed by atoms with van der Waals surface area (Å²) in [7, 11) is 0. The van der Waals surface area contributed by atoms with E-state index in [0.717, 1.165) is 42.4 Å². The molecule has 414 valence electrons. The highest BCUT2D eigenvalue weighted by molar-refractivity contribution is 6.05. The number of nitrogens with zero attached hydrogens (tertiary/aromatic N) is 4. The number of rotatable bonds is 44. The number of carboxylic acids is 1. The monoisotopic (exact) mass is 1050 g/mol. The minimum atomic E-state index is -0.885. The molecule has 0 radical (unpaired) electrons. The van der Waals surface area contributed by atoms with E-state index in [9.17, 15) is 19.2 Å². The lowest BCUT2D eigenvalue weighted by molar-refractivity contribution is -0.138. The molecule has 2 heterocycles. The first-order chi connectivity index (χ1) is 36.2. The summed E-state index contributed by atoms with van der Waals surface area (Å²) in [5, 5.41) is 14.2. The third-order valence-corrected chi connectivity index (χ3v) is 11.0. The van der Waals surface area contributed by atoms with Crippen LogP contribution in [-0.2, 0) is 73.0 Å². The number of aliphatic imine (C=N–C) groups is 1. The predicted molar refractivity (Wildman–Crippen MR) is 272 cm³/mol. The van der Waals surface area contributed by atoms with E-state index in [0.29, 0.717) is 161 Å². The summed E-state index contributed by atoms with van der Waals surface area (Å²) in [4.78, 5) is 63.8. The van der Waals surface area contributed by atoms with Crippen molar-refractivity contribution >= 4 is 41.5 Å². The number of carbonyl (C=O) groups is 4. The molecule has 5 N–H and O–H groups in total. The lowest BCUT2D eigenvalue weighted by Gasteiger charge is -2.26. The van der Waals surface area contributed by atoms with Gasteiger partial charge in [0.25, 0.3) is 0 Å². The van der Waals surface area contributed by atoms with Gasteiger partial charge < -0.3 is 78.5 Å². The molecule has 2 aliphatic rings. The number of aromatic nitrogens is 2. The van der Waals surface area contributed by atoms with Gasteiger partial charge in [-0.3, -0.25) is 14.4 Å². The molecular weight excluding hydrogens is 967 g/mol. The quantitative estimate of drug-likeness (QED) is 0.0691. The maximum Gasteiger partial charge on any atom is 0.407 e. The molecule has 4 rings (SSSR count). The Labute approximate surface area is 434 Å². The molecule has 1 aliphatic carbocycles. The van der Waals surface area contributed by atoms with E-state index in [1.54, 1.807) is 17.3 Å². The summed E-state index contributed by atoms with van der Waals surface area (Å²) in [6.45, 7) is 11.5. The molecule has 0 saturated heterocycles. The molecule has 3 amide bonds. The fourth-order valence-electron chi connectivity index (χ4n) is 6.94. The van der Waals surface area contributed by atoms with Gasteiger partial charge in [0, 0.05) is 61.1 Å². The van der Waals surface area contributed by atoms with Gasteiger partial charge in [-0.1, -0.05) is 19.1 Å². The third-order valence-electron chi connectivity index (χ3n) is 11.0. The number of amidine groups is 1. The number of carbonyl (C=O) groups excluding carboxylic acids is 3. The molecular formula is C51H79N7O16. The first kappa shape index (κ1) is 61.3. The van der Waals surface area contributed by atoms with Crippen LogP contribution in [0.5, 0.6) is 0 Å². The second-order valence-electron chi connectivity index (χ2n) is 17.0. The van der Waals surface area contributed by atoms with E-state index in [-0.39, 0.29) is 63.5 Å². The van der Waals surface area contributed by atoms with Crippen molar-refractivity contribution in [1.82, 2.24) is 25.5 Å². The zero-order valence-electron chi connectivity index (χ0n) is 43.1. The van der Waals surface area contributed by atoms with Crippen LogP contribution in [0, 0.1) is 0 Å². The molecule has 23 nitrogen and oxygen atoms in total. The molecule has 0 atom stereocenters. The molecule has 1 fully saturated rings. The topological polar surface area (TPSA) is 281 Å². The molecule has 1 aromatic carbocycles. The van der Waals surface area contributed by atoms with E-state index < -0.39 is 12.1 Å². The number of ether oxygens (including phenoxy) is 11. The Balaban J connectivity index is 0.931. The molecule has 74 heavy (non-hydrogen) atoms. The van der Waals surface area contributed by atoms with E-state index in [4.69, 9.17) is 62.9 Å². The van der Waals surface area contributed by atoms with Crippen LogP contribution < -0.4 is 16.4 Å². The average molecular weight is 1050 g/mol. The van der Waals surface area contributed by atoms with Crippen molar-refractivity contribution < 1.29 is 76.4 Å². The van der Waals surface area contributed by atoms with Gasteiger partial charge in [0.1, 0.15) is 11.7 Å². The Hall–Kier alpha value is -5.21. The van der Waals surface area contributed by atoms with Crippen molar-refractivity contribution in [1.29, 1.82) is 0 Å². The van der Waals surface area contributed by atoms with Gasteiger partial charge in [0.2, 0.25) is 11.8 Å². The smallest absolute Gasteiger partial charge is 0.407 e. The molecule has 23 heteroatoms. The summed E-state index contributed by atoms with van der Waals surface area (Å²) >= 11 is 0. The van der Waals surface area contributed by atoms with Crippen LogP contribution in [-0.4, -0.2) is 208 Å². The number of benzene rings is 1. The molecule has 0 unspecified atom stereocenters. The van der Waals surface area contributed by atoms with Crippen molar-refractivity contribution in [3.05, 3.63) is 47.6 Å². The zero-order valence-corrected chi connectivity index (χ0v) is 43.1. The Morgan fingerprint density at radius 1 is 0.662 bits per heavy atom. The van der Waals surface area contributed by atoms with Gasteiger partial charge in [0.05, 0.1) is 157 Å². The summed E-state index contributed by atoms with van der Waals surface area (Å²) in [6.07, 6.45) is 9.57. The number of nitrogens with two attached hydrogens (primary N) is 1. The third kappa shape index (κ3) is 27.9. The summed E-state index contributed by atoms with van der Waals surface area (Å²) in [6, 6.07) is 5.91. The SMILES string of the molecule is CCCN(CCCOC(=O)NC1CCC1)C(=O)C1=Cc2ccc(-c3cnc(CNC(=O)CCOCCOCCOCCOCCOCCOCCOCCOCCOCCOCCC(=O)O)nc3)cc2N=C(N)C1. The molecule has 0 bridgehead atoms. The van der Waals surface area contributed by atoms with Gasteiger partial charge >= 0.3 is 12.1 Å². The van der Waals surface area contributed by atoms with Crippen LogP contribution >= 0.6 is 0 Å². The van der Waals surface area contributed by atoms with Crippen LogP contribution in [0.4, 0.5) is 10.5 Å². The van der Waals surface area contributed by atoms with Crippen molar-refractivity contribution in [2.24, 2.45) is 10.7 Å². The van der Waals surface area contributed by atoms with Crippen LogP contribution in [0.1, 0.15) is 69.7 Å². The van der Waals surface area contributed by atoms with Gasteiger partial charge in [-0.15, -0.1) is 0 Å². The van der Waals surface area contributed by atoms with E-state index in [1.165, 1.54) is 0 Å². The van der Waals surface area contributed by atoms with E-state index in [2.05, 4.69) is 25.6 Å². The summed E-state index contributed by atoms with van der Waals surface area (Å²) < 4.78 is 59.7. The maximum atomic E-state index is 13.7. The molecule has 2 aromatic rings. The van der Waals surface area contributed by atoms with Crippen molar-refractivity contribution in [2.45, 2.75) is 70.9 Å². The zero-order chi connectivity index (χ0) is 52.7. The van der Waals surface area contributed by atoms with Crippen LogP contribution in [0.15, 0.2) is 41.2 Å². The number of hydrogen-bond donors (Lipinski definition) is 4. The van der Waals surface area contributed by atoms with Gasteiger partial charge in [0.15, 0.2) is 0 Å². The highest BCUT2D eigenvalue weighted by atomic mass is 16.6. The minimum Gasteiger partial charge on any atom is -0.481 e. The largest absolute Gasteiger partial charge is 0.481 e. The van der Waals surface area contributed by atoms with Crippen LogP contribution in [0.2, 0.25) is 0 Å². The normalized spacial score (nSPS) is 13.3. The van der Waals surface area contributed by atoms with Gasteiger partial charge in [-0.05, 0) is 49.8 Å². The molecule has 0 spiro atoms. The number of carboxylic acid groups (broad SMARTS) is 1. The number of amides is 3. The fraction of sp³-hybridized carbons (Fsp3) is 0.667. The molecule has 1 aliphatic heterocycles. The highest BCUT2D eigenvalue weighted by Gasteiger charge is 2.23. The second kappa shape index (κ2) is 39.2. The minimum absolute atomic E-state index is 0.0158. The molecule has 1 aromatic heterocycles. The highest BCUT2D eigenvalue weighted by Crippen LogP contribution is 2.32. The molecule has 1 saturated carbocycles. The van der Waals surface area contributed by atoms with Crippen LogP contribution in [0.3, 0.4) is 0 Å². The second-order valence-corrected chi connectivity index (χ2v) is 17.0. The van der Waals surface area contributed by atoms with Crippen molar-refractivity contribution in [3.63, 3.8) is 0 Å². The van der Waals surface area contributed by atoms with E-state index >= 15 is 0 Å². The Bertz CT molecular complexity index is 1960. The average Bonchev–Trinajstić information content (AvgIpc) is 3.55. The standard InChI is InChI=1S/C51H79N7O16/c1-2-11-58(12-4-13-74-51(63)56-44-5-3-6-44)50(62)42-34-41-8-7-40(35-45(41)57-46(52)36-42)43-37-53-47(54-38-43)39-55-48(59)9-14-64-16-18-66-20-22-68-24-26-70-28-30-72-32-33-73-31-29-71-27-25-69-23-21-67-19-17-65-15-10-49(60)61/h7-8,34-35,37-38,44H,2-6,9-33,36,39H2,1H3,(H2,52,57)(H,55,59)(H,56,63)(H,60,61). The first-order valence-corrected chi connectivity index (χ1v) is 25.7. The van der Waals surface area contributed by atoms with Crippen molar-refractivity contribution in [3.8, 4) is 11.1 Å². The summed E-state index contributed by atoms with van der Waals surface area (Å²) in [5.41, 5.74) is 9.84. The van der Waals surface area contributed by atoms with Gasteiger partial charge in [-0.25, -0.2) is 19.8 Å². The first-order valence-electron chi connectivity index (χ1n) is 25.7. The summed E-state index contributed by atoms with van der Waals surface area (Å²) in [5.74, 6) is -0.414. The Kier molecular flexibility index (Phi) is 32.5. The predicted octanol–water partition coefficient (Wildman–Crippen LogP) is 3.47. The number of hydrogen-bond acceptors (Lipinski definition) is 19. The number of alkyl carbamates (subject to hydrolysis) is 1. The van der Waals surface area contributed by atoms with Gasteiger partial charge in [-0.2, -0.15) is 0 Å². The van der Waals surface area contributed by atoms with Crippen molar-refractivity contribution in [2.75, 3.05) is 152 Å². The lowest BCUT2D eigenvalue weighted by atomic mass is 9.93. The van der Waals surface area contributed by atoms with Crippen LogP contribution in [0.25, 0.3) is 17.2 Å². The number of nitrogens with one attached hydrogen (secondary N) is 2. The Morgan fingerprint density at radius 3 is 1.64 bits per heavy atom. The number of fused-ring (bicyclic) bond motifs is 1. The Morgan fingerprint density at radius 2 is 1.16 bits per heavy atom.